The Morgan fingerprint density at radius 2 is 1.96 bits per heavy atom. The van der Waals surface area contributed by atoms with Gasteiger partial charge in [-0.05, 0) is 37.8 Å². The highest BCUT2D eigenvalue weighted by atomic mass is 16.5. The largest absolute Gasteiger partial charge is 0.462 e. The molecule has 2 atom stereocenters. The molecular weight excluding hydrogens is 356 g/mol. The fraction of sp³-hybridized carbons (Fsp3) is 0.476. The number of para-hydroxylation sites is 1. The molecule has 1 aliphatic carbocycles. The lowest BCUT2D eigenvalue weighted by atomic mass is 9.86. The standard InChI is InChI=1S/C21H28N4O3/c1-3-28-21(27)17-13-23-25(16-10-5-4-6-11-16)20(17)24-19(26)14-22-18-12-8-7-9-15(18)2/h4-6,10-11,13,15,18,22H,3,7-9,12,14H2,1-2H3,(H,24,26). The number of aromatic nitrogens is 2. The number of carbonyl (C=O) groups excluding carboxylic acids is 2. The average Bonchev–Trinajstić information content (AvgIpc) is 3.12. The maximum Gasteiger partial charge on any atom is 0.343 e. The van der Waals surface area contributed by atoms with Crippen LogP contribution in [0.4, 0.5) is 5.82 Å². The van der Waals surface area contributed by atoms with Gasteiger partial charge in [0, 0.05) is 6.04 Å². The van der Waals surface area contributed by atoms with Gasteiger partial charge in [0.05, 0.1) is 25.0 Å². The van der Waals surface area contributed by atoms with Crippen molar-refractivity contribution >= 4 is 17.7 Å². The van der Waals surface area contributed by atoms with Gasteiger partial charge in [0.2, 0.25) is 5.91 Å². The van der Waals surface area contributed by atoms with Crippen LogP contribution in [0.1, 0.15) is 49.9 Å². The number of hydrogen-bond acceptors (Lipinski definition) is 5. The van der Waals surface area contributed by atoms with Crippen LogP contribution in [0.2, 0.25) is 0 Å². The molecule has 1 heterocycles. The van der Waals surface area contributed by atoms with E-state index in [1.165, 1.54) is 25.5 Å². The summed E-state index contributed by atoms with van der Waals surface area (Å²) in [5.74, 6) is 0.175. The van der Waals surface area contributed by atoms with Gasteiger partial charge in [-0.15, -0.1) is 0 Å². The minimum Gasteiger partial charge on any atom is -0.462 e. The third-order valence-corrected chi connectivity index (χ3v) is 5.16. The number of nitrogens with one attached hydrogen (secondary N) is 2. The van der Waals surface area contributed by atoms with Gasteiger partial charge in [-0.25, -0.2) is 9.48 Å². The predicted octanol–water partition coefficient (Wildman–Crippen LogP) is 3.16. The number of hydrogen-bond donors (Lipinski definition) is 2. The zero-order valence-corrected chi connectivity index (χ0v) is 16.5. The van der Waals surface area contributed by atoms with Crippen molar-refractivity contribution in [2.24, 2.45) is 5.92 Å². The third-order valence-electron chi connectivity index (χ3n) is 5.16. The summed E-state index contributed by atoms with van der Waals surface area (Å²) in [6.45, 7) is 4.41. The topological polar surface area (TPSA) is 85.2 Å². The molecular formula is C21H28N4O3. The Labute approximate surface area is 165 Å². The Morgan fingerprint density at radius 3 is 2.68 bits per heavy atom. The summed E-state index contributed by atoms with van der Waals surface area (Å²) in [7, 11) is 0. The second-order valence-electron chi connectivity index (χ2n) is 7.17. The minimum absolute atomic E-state index is 0.192. The van der Waals surface area contributed by atoms with E-state index in [2.05, 4.69) is 22.7 Å². The Bertz CT molecular complexity index is 803. The summed E-state index contributed by atoms with van der Waals surface area (Å²) in [6, 6.07) is 9.71. The van der Waals surface area contributed by atoms with Crippen molar-refractivity contribution in [1.82, 2.24) is 15.1 Å². The maximum absolute atomic E-state index is 12.6. The van der Waals surface area contributed by atoms with Crippen LogP contribution >= 0.6 is 0 Å². The van der Waals surface area contributed by atoms with Gasteiger partial charge in [-0.2, -0.15) is 5.10 Å². The molecule has 0 saturated heterocycles. The molecule has 2 aromatic rings. The number of rotatable bonds is 7. The van der Waals surface area contributed by atoms with Crippen molar-refractivity contribution < 1.29 is 14.3 Å². The monoisotopic (exact) mass is 384 g/mol. The van der Waals surface area contributed by atoms with E-state index in [0.29, 0.717) is 17.8 Å². The highest BCUT2D eigenvalue weighted by molar-refractivity contribution is 6.01. The first kappa shape index (κ1) is 20.1. The van der Waals surface area contributed by atoms with Gasteiger partial charge in [-0.3, -0.25) is 4.79 Å². The highest BCUT2D eigenvalue weighted by Crippen LogP contribution is 2.24. The third kappa shape index (κ3) is 4.78. The molecule has 3 rings (SSSR count). The van der Waals surface area contributed by atoms with Gasteiger partial charge in [0.25, 0.3) is 0 Å². The number of anilines is 1. The number of esters is 1. The summed E-state index contributed by atoms with van der Waals surface area (Å²) >= 11 is 0. The van der Waals surface area contributed by atoms with Crippen molar-refractivity contribution in [1.29, 1.82) is 0 Å². The van der Waals surface area contributed by atoms with Crippen LogP contribution < -0.4 is 10.6 Å². The number of nitrogens with zero attached hydrogens (tertiary/aromatic N) is 2. The van der Waals surface area contributed by atoms with Crippen LogP contribution in [0, 0.1) is 5.92 Å². The Morgan fingerprint density at radius 1 is 1.21 bits per heavy atom. The van der Waals surface area contributed by atoms with E-state index >= 15 is 0 Å². The van der Waals surface area contributed by atoms with Crippen molar-refractivity contribution in [2.75, 3.05) is 18.5 Å². The molecule has 2 N–H and O–H groups in total. The second kappa shape index (κ2) is 9.50. The van der Waals surface area contributed by atoms with E-state index in [9.17, 15) is 9.59 Å². The fourth-order valence-electron chi connectivity index (χ4n) is 3.61. The Kier molecular flexibility index (Phi) is 6.81. The van der Waals surface area contributed by atoms with Crippen LogP contribution in [0.3, 0.4) is 0 Å². The minimum atomic E-state index is -0.506. The first-order valence-corrected chi connectivity index (χ1v) is 9.94. The van der Waals surface area contributed by atoms with Crippen molar-refractivity contribution in [2.45, 2.75) is 45.6 Å². The molecule has 0 spiro atoms. The van der Waals surface area contributed by atoms with Gasteiger partial charge in [0.1, 0.15) is 5.56 Å². The van der Waals surface area contributed by atoms with E-state index < -0.39 is 5.97 Å². The molecule has 1 amide bonds. The van der Waals surface area contributed by atoms with E-state index in [1.54, 1.807) is 11.6 Å². The second-order valence-corrected chi connectivity index (χ2v) is 7.17. The lowest BCUT2D eigenvalue weighted by Gasteiger charge is -2.29. The normalized spacial score (nSPS) is 19.2. The molecule has 0 bridgehead atoms. The van der Waals surface area contributed by atoms with Crippen molar-refractivity contribution in [3.8, 4) is 5.69 Å². The SMILES string of the molecule is CCOC(=O)c1cnn(-c2ccccc2)c1NC(=O)CNC1CCCCC1C. The van der Waals surface area contributed by atoms with Gasteiger partial charge in [-0.1, -0.05) is 38.0 Å². The number of carbonyl (C=O) groups is 2. The van der Waals surface area contributed by atoms with Gasteiger partial charge < -0.3 is 15.4 Å². The number of ether oxygens (including phenoxy) is 1. The molecule has 1 aromatic heterocycles. The molecule has 1 fully saturated rings. The van der Waals surface area contributed by atoms with E-state index in [-0.39, 0.29) is 24.6 Å². The van der Waals surface area contributed by atoms with Crippen LogP contribution in [0.25, 0.3) is 5.69 Å². The molecule has 0 aliphatic heterocycles. The molecule has 150 valence electrons. The zero-order chi connectivity index (χ0) is 19.9. The molecule has 1 aliphatic rings. The van der Waals surface area contributed by atoms with Crippen molar-refractivity contribution in [3.63, 3.8) is 0 Å². The average molecular weight is 384 g/mol. The predicted molar refractivity (Wildman–Crippen MR) is 108 cm³/mol. The van der Waals surface area contributed by atoms with Gasteiger partial charge >= 0.3 is 5.97 Å². The fourth-order valence-corrected chi connectivity index (χ4v) is 3.61. The van der Waals surface area contributed by atoms with E-state index in [4.69, 9.17) is 4.74 Å². The van der Waals surface area contributed by atoms with Gasteiger partial charge in [0.15, 0.2) is 5.82 Å². The first-order valence-electron chi connectivity index (χ1n) is 9.94. The first-order chi connectivity index (χ1) is 13.6. The quantitative estimate of drug-likeness (QED) is 0.716. The van der Waals surface area contributed by atoms with E-state index in [0.717, 1.165) is 12.1 Å². The summed E-state index contributed by atoms with van der Waals surface area (Å²) in [5.41, 5.74) is 0.993. The smallest absolute Gasteiger partial charge is 0.343 e. The van der Waals surface area contributed by atoms with Crippen LogP contribution in [-0.4, -0.2) is 40.9 Å². The molecule has 0 radical (unpaired) electrons. The number of amides is 1. The van der Waals surface area contributed by atoms with Crippen LogP contribution in [0.5, 0.6) is 0 Å². The molecule has 1 saturated carbocycles. The molecule has 7 nitrogen and oxygen atoms in total. The lowest BCUT2D eigenvalue weighted by molar-refractivity contribution is -0.115. The van der Waals surface area contributed by atoms with Crippen LogP contribution in [0.15, 0.2) is 36.5 Å². The summed E-state index contributed by atoms with van der Waals surface area (Å²) in [5, 5.41) is 10.5. The van der Waals surface area contributed by atoms with E-state index in [1.807, 2.05) is 30.3 Å². The lowest BCUT2D eigenvalue weighted by Crippen LogP contribution is -2.41. The molecule has 2 unspecified atom stereocenters. The number of benzene rings is 1. The van der Waals surface area contributed by atoms with Crippen molar-refractivity contribution in [3.05, 3.63) is 42.1 Å². The van der Waals surface area contributed by atoms with Crippen LogP contribution in [-0.2, 0) is 9.53 Å². The summed E-state index contributed by atoms with van der Waals surface area (Å²) in [4.78, 5) is 24.9. The molecule has 7 heteroatoms. The Balaban J connectivity index is 1.75. The maximum atomic E-state index is 12.6. The summed E-state index contributed by atoms with van der Waals surface area (Å²) in [6.07, 6.45) is 6.15. The Hall–Kier alpha value is -2.67. The summed E-state index contributed by atoms with van der Waals surface area (Å²) < 4.78 is 6.66. The molecule has 1 aromatic carbocycles. The zero-order valence-electron chi connectivity index (χ0n) is 16.5. The highest BCUT2D eigenvalue weighted by Gasteiger charge is 2.24. The molecule has 28 heavy (non-hydrogen) atoms.